The Kier molecular flexibility index (Phi) is 5.17. The third-order valence-electron chi connectivity index (χ3n) is 3.51. The van der Waals surface area contributed by atoms with Crippen molar-refractivity contribution in [2.75, 3.05) is 6.54 Å². The summed E-state index contributed by atoms with van der Waals surface area (Å²) in [4.78, 5) is 4.90. The van der Waals surface area contributed by atoms with E-state index < -0.39 is 0 Å². The van der Waals surface area contributed by atoms with Crippen LogP contribution in [-0.2, 0) is 5.41 Å². The molecule has 2 nitrogen and oxygen atoms in total. The molecular formula is C18H26N2S. The van der Waals surface area contributed by atoms with Gasteiger partial charge in [0.2, 0.25) is 0 Å². The molecule has 1 atom stereocenters. The van der Waals surface area contributed by atoms with Gasteiger partial charge in [-0.1, -0.05) is 57.5 Å². The average Bonchev–Trinajstić information content (AvgIpc) is 2.89. The summed E-state index contributed by atoms with van der Waals surface area (Å²) < 4.78 is 0. The van der Waals surface area contributed by atoms with Gasteiger partial charge in [0.1, 0.15) is 5.01 Å². The van der Waals surface area contributed by atoms with Crippen molar-refractivity contribution in [3.8, 4) is 0 Å². The smallest absolute Gasteiger partial charge is 0.114 e. The fourth-order valence-corrected chi connectivity index (χ4v) is 3.40. The third kappa shape index (κ3) is 4.14. The first-order chi connectivity index (χ1) is 9.91. The minimum absolute atomic E-state index is 0.108. The lowest BCUT2D eigenvalue weighted by molar-refractivity contribution is 0.557. The van der Waals surface area contributed by atoms with Gasteiger partial charge in [-0.05, 0) is 25.5 Å². The maximum absolute atomic E-state index is 4.90. The van der Waals surface area contributed by atoms with Crippen LogP contribution in [0.1, 0.15) is 62.0 Å². The second kappa shape index (κ2) is 6.71. The number of benzene rings is 1. The standard InChI is InChI=1S/C18H26N2S/c1-6-10-19-16(14-9-7-8-13(2)11-14)17-20-15(12-21-17)18(3,4)5/h7-9,11-12,16,19H,6,10H2,1-5H3. The van der Waals surface area contributed by atoms with Gasteiger partial charge in [0.15, 0.2) is 0 Å². The lowest BCUT2D eigenvalue weighted by Crippen LogP contribution is -2.23. The van der Waals surface area contributed by atoms with Gasteiger partial charge in [-0.2, -0.15) is 0 Å². The molecule has 0 spiro atoms. The Morgan fingerprint density at radius 2 is 2.05 bits per heavy atom. The van der Waals surface area contributed by atoms with Crippen LogP contribution in [0.25, 0.3) is 0 Å². The van der Waals surface area contributed by atoms with Crippen LogP contribution in [-0.4, -0.2) is 11.5 Å². The van der Waals surface area contributed by atoms with Crippen LogP contribution in [0, 0.1) is 6.92 Å². The second-order valence-corrected chi connectivity index (χ2v) is 7.51. The van der Waals surface area contributed by atoms with Gasteiger partial charge in [-0.15, -0.1) is 11.3 Å². The summed E-state index contributed by atoms with van der Waals surface area (Å²) in [7, 11) is 0. The average molecular weight is 302 g/mol. The lowest BCUT2D eigenvalue weighted by Gasteiger charge is -2.18. The molecule has 0 bridgehead atoms. The van der Waals surface area contributed by atoms with Gasteiger partial charge in [0.05, 0.1) is 11.7 Å². The molecule has 3 heteroatoms. The monoisotopic (exact) mass is 302 g/mol. The second-order valence-electron chi connectivity index (χ2n) is 6.62. The summed E-state index contributed by atoms with van der Waals surface area (Å²) >= 11 is 1.76. The molecule has 1 N–H and O–H groups in total. The number of hydrogen-bond donors (Lipinski definition) is 1. The van der Waals surface area contributed by atoms with E-state index in [1.54, 1.807) is 11.3 Å². The van der Waals surface area contributed by atoms with E-state index in [0.29, 0.717) is 0 Å². The summed E-state index contributed by atoms with van der Waals surface area (Å²) in [5.74, 6) is 0. The van der Waals surface area contributed by atoms with E-state index in [9.17, 15) is 0 Å². The Morgan fingerprint density at radius 3 is 2.62 bits per heavy atom. The molecule has 21 heavy (non-hydrogen) atoms. The lowest BCUT2D eigenvalue weighted by atomic mass is 9.93. The number of rotatable bonds is 5. The predicted octanol–water partition coefficient (Wildman–Crippen LogP) is 4.84. The van der Waals surface area contributed by atoms with E-state index in [2.05, 4.69) is 69.6 Å². The van der Waals surface area contributed by atoms with Crippen LogP contribution >= 0.6 is 11.3 Å². The zero-order chi connectivity index (χ0) is 15.5. The molecule has 0 aliphatic carbocycles. The Labute approximate surface area is 132 Å². The zero-order valence-corrected chi connectivity index (χ0v) is 14.6. The highest BCUT2D eigenvalue weighted by atomic mass is 32.1. The van der Waals surface area contributed by atoms with Gasteiger partial charge in [0.25, 0.3) is 0 Å². The van der Waals surface area contributed by atoms with Gasteiger partial charge in [-0.25, -0.2) is 4.98 Å². The normalized spacial score (nSPS) is 13.4. The molecule has 0 fully saturated rings. The number of nitrogens with one attached hydrogen (secondary N) is 1. The Bertz CT molecular complexity index is 581. The summed E-state index contributed by atoms with van der Waals surface area (Å²) in [5, 5.41) is 7.01. The number of aromatic nitrogens is 1. The molecule has 0 aliphatic heterocycles. The maximum atomic E-state index is 4.90. The summed E-state index contributed by atoms with van der Waals surface area (Å²) in [5.41, 5.74) is 3.89. The molecule has 1 aromatic heterocycles. The fourth-order valence-electron chi connectivity index (χ4n) is 2.25. The van der Waals surface area contributed by atoms with Gasteiger partial charge in [0, 0.05) is 10.8 Å². The van der Waals surface area contributed by atoms with Crippen molar-refractivity contribution >= 4 is 11.3 Å². The minimum Gasteiger partial charge on any atom is -0.304 e. The van der Waals surface area contributed by atoms with Crippen molar-refractivity contribution in [1.29, 1.82) is 0 Å². The quantitative estimate of drug-likeness (QED) is 0.855. The molecule has 2 rings (SSSR count). The Balaban J connectivity index is 2.34. The molecule has 0 amide bonds. The summed E-state index contributed by atoms with van der Waals surface area (Å²) in [6, 6.07) is 8.92. The van der Waals surface area contributed by atoms with E-state index in [0.717, 1.165) is 13.0 Å². The van der Waals surface area contributed by atoms with Crippen molar-refractivity contribution in [3.63, 3.8) is 0 Å². The van der Waals surface area contributed by atoms with E-state index >= 15 is 0 Å². The number of aryl methyl sites for hydroxylation is 1. The molecule has 0 aliphatic rings. The summed E-state index contributed by atoms with van der Waals surface area (Å²) in [6.07, 6.45) is 1.12. The highest BCUT2D eigenvalue weighted by Gasteiger charge is 2.22. The number of thiazole rings is 1. The molecule has 1 unspecified atom stereocenters. The molecule has 0 saturated heterocycles. The van der Waals surface area contributed by atoms with Crippen LogP contribution in [0.4, 0.5) is 0 Å². The molecular weight excluding hydrogens is 276 g/mol. The topological polar surface area (TPSA) is 24.9 Å². The molecule has 1 heterocycles. The molecule has 1 aromatic carbocycles. The van der Waals surface area contributed by atoms with E-state index in [1.807, 2.05) is 0 Å². The van der Waals surface area contributed by atoms with Crippen molar-refractivity contribution in [1.82, 2.24) is 10.3 Å². The Hall–Kier alpha value is -1.19. The van der Waals surface area contributed by atoms with Crippen molar-refractivity contribution in [2.45, 2.75) is 52.5 Å². The van der Waals surface area contributed by atoms with Crippen molar-refractivity contribution < 1.29 is 0 Å². The number of nitrogens with zero attached hydrogens (tertiary/aromatic N) is 1. The number of hydrogen-bond acceptors (Lipinski definition) is 3. The van der Waals surface area contributed by atoms with E-state index in [1.165, 1.54) is 21.8 Å². The van der Waals surface area contributed by atoms with Crippen molar-refractivity contribution in [3.05, 3.63) is 51.5 Å². The first kappa shape index (κ1) is 16.2. The maximum Gasteiger partial charge on any atom is 0.114 e. The van der Waals surface area contributed by atoms with Gasteiger partial charge in [-0.3, -0.25) is 0 Å². The van der Waals surface area contributed by atoms with Crippen molar-refractivity contribution in [2.24, 2.45) is 0 Å². The van der Waals surface area contributed by atoms with Gasteiger partial charge < -0.3 is 5.32 Å². The largest absolute Gasteiger partial charge is 0.304 e. The minimum atomic E-state index is 0.108. The highest BCUT2D eigenvalue weighted by Crippen LogP contribution is 2.30. The highest BCUT2D eigenvalue weighted by molar-refractivity contribution is 7.09. The van der Waals surface area contributed by atoms with E-state index in [4.69, 9.17) is 4.98 Å². The van der Waals surface area contributed by atoms with E-state index in [-0.39, 0.29) is 11.5 Å². The van der Waals surface area contributed by atoms with Gasteiger partial charge >= 0.3 is 0 Å². The first-order valence-electron chi connectivity index (χ1n) is 7.67. The van der Waals surface area contributed by atoms with Crippen LogP contribution in [0.5, 0.6) is 0 Å². The molecule has 2 aromatic rings. The van der Waals surface area contributed by atoms with Crippen LogP contribution in [0.2, 0.25) is 0 Å². The predicted molar refractivity (Wildman–Crippen MR) is 92.1 cm³/mol. The van der Waals surface area contributed by atoms with Crippen LogP contribution < -0.4 is 5.32 Å². The SMILES string of the molecule is CCCNC(c1cccc(C)c1)c1nc(C(C)(C)C)cs1. The molecule has 0 radical (unpaired) electrons. The molecule has 0 saturated carbocycles. The third-order valence-corrected chi connectivity index (χ3v) is 4.42. The summed E-state index contributed by atoms with van der Waals surface area (Å²) in [6.45, 7) is 12.0. The Morgan fingerprint density at radius 1 is 1.29 bits per heavy atom. The molecule has 114 valence electrons. The first-order valence-corrected chi connectivity index (χ1v) is 8.55. The van der Waals surface area contributed by atoms with Crippen LogP contribution in [0.3, 0.4) is 0 Å². The zero-order valence-electron chi connectivity index (χ0n) is 13.7. The fraction of sp³-hybridized carbons (Fsp3) is 0.500. The van der Waals surface area contributed by atoms with Crippen LogP contribution in [0.15, 0.2) is 29.6 Å².